The van der Waals surface area contributed by atoms with Crippen LogP contribution in [0.15, 0.2) is 0 Å². The van der Waals surface area contributed by atoms with Crippen molar-refractivity contribution in [1.29, 1.82) is 0 Å². The summed E-state index contributed by atoms with van der Waals surface area (Å²) in [6, 6.07) is 1.51. The molecule has 2 fully saturated rings. The SMILES string of the molecule is CSCC(C)CN1CC(C2CC2)NCC1C. The van der Waals surface area contributed by atoms with Crippen molar-refractivity contribution in [1.82, 2.24) is 10.2 Å². The number of piperazine rings is 1. The third kappa shape index (κ3) is 3.38. The van der Waals surface area contributed by atoms with E-state index in [4.69, 9.17) is 0 Å². The zero-order valence-electron chi connectivity index (χ0n) is 10.9. The van der Waals surface area contributed by atoms with Gasteiger partial charge in [-0.25, -0.2) is 0 Å². The molecule has 0 aromatic heterocycles. The molecule has 1 aliphatic carbocycles. The van der Waals surface area contributed by atoms with Gasteiger partial charge in [0.15, 0.2) is 0 Å². The molecule has 0 aromatic rings. The van der Waals surface area contributed by atoms with Gasteiger partial charge in [-0.15, -0.1) is 0 Å². The van der Waals surface area contributed by atoms with E-state index in [0.29, 0.717) is 0 Å². The van der Waals surface area contributed by atoms with Gasteiger partial charge in [0.25, 0.3) is 0 Å². The van der Waals surface area contributed by atoms with E-state index in [-0.39, 0.29) is 0 Å². The van der Waals surface area contributed by atoms with Gasteiger partial charge in [0.2, 0.25) is 0 Å². The summed E-state index contributed by atoms with van der Waals surface area (Å²) in [7, 11) is 0. The van der Waals surface area contributed by atoms with Crippen molar-refractivity contribution >= 4 is 11.8 Å². The minimum atomic E-state index is 0.722. The van der Waals surface area contributed by atoms with Crippen LogP contribution in [0, 0.1) is 11.8 Å². The maximum atomic E-state index is 3.72. The van der Waals surface area contributed by atoms with Gasteiger partial charge >= 0.3 is 0 Å². The number of thioether (sulfide) groups is 1. The maximum Gasteiger partial charge on any atom is 0.0224 e. The molecule has 0 aromatic carbocycles. The summed E-state index contributed by atoms with van der Waals surface area (Å²) in [5.41, 5.74) is 0. The van der Waals surface area contributed by atoms with Crippen LogP contribution in [0.1, 0.15) is 26.7 Å². The number of nitrogens with one attached hydrogen (secondary N) is 1. The van der Waals surface area contributed by atoms with E-state index in [1.54, 1.807) is 0 Å². The minimum absolute atomic E-state index is 0.722. The molecule has 94 valence electrons. The van der Waals surface area contributed by atoms with E-state index in [1.807, 2.05) is 11.8 Å². The van der Waals surface area contributed by atoms with Gasteiger partial charge in [-0.2, -0.15) is 11.8 Å². The number of hydrogen-bond acceptors (Lipinski definition) is 3. The highest BCUT2D eigenvalue weighted by molar-refractivity contribution is 7.98. The molecule has 1 N–H and O–H groups in total. The molecule has 2 nitrogen and oxygen atoms in total. The third-order valence-corrected chi connectivity index (χ3v) is 4.82. The lowest BCUT2D eigenvalue weighted by atomic mass is 10.0. The number of rotatable bonds is 5. The van der Waals surface area contributed by atoms with E-state index in [1.165, 1.54) is 38.2 Å². The molecule has 0 spiro atoms. The zero-order valence-corrected chi connectivity index (χ0v) is 11.7. The van der Waals surface area contributed by atoms with E-state index in [2.05, 4.69) is 30.3 Å². The highest BCUT2D eigenvalue weighted by Gasteiger charge is 2.36. The van der Waals surface area contributed by atoms with Crippen LogP contribution >= 0.6 is 11.8 Å². The van der Waals surface area contributed by atoms with Crippen LogP contribution in [-0.2, 0) is 0 Å². The molecule has 0 amide bonds. The molecule has 2 aliphatic rings. The standard InChI is InChI=1S/C13H26N2S/c1-10(9-16-3)7-15-8-13(12-4-5-12)14-6-11(15)2/h10-14H,4-9H2,1-3H3. The Morgan fingerprint density at radius 1 is 1.44 bits per heavy atom. The first kappa shape index (κ1) is 12.7. The first-order valence-corrected chi connectivity index (χ1v) is 8.06. The molecule has 3 atom stereocenters. The van der Waals surface area contributed by atoms with Gasteiger partial charge in [-0.3, -0.25) is 4.90 Å². The van der Waals surface area contributed by atoms with Gasteiger partial charge < -0.3 is 5.32 Å². The molecule has 16 heavy (non-hydrogen) atoms. The summed E-state index contributed by atoms with van der Waals surface area (Å²) < 4.78 is 0. The summed E-state index contributed by atoms with van der Waals surface area (Å²) in [6.07, 6.45) is 5.13. The molecule has 1 aliphatic heterocycles. The lowest BCUT2D eigenvalue weighted by molar-refractivity contribution is 0.119. The molecule has 2 rings (SSSR count). The largest absolute Gasteiger partial charge is 0.311 e. The Kier molecular flexibility index (Phi) is 4.57. The molecule has 1 saturated heterocycles. The van der Waals surface area contributed by atoms with Crippen LogP contribution in [0.4, 0.5) is 0 Å². The Morgan fingerprint density at radius 2 is 2.19 bits per heavy atom. The van der Waals surface area contributed by atoms with Gasteiger partial charge in [0.1, 0.15) is 0 Å². The van der Waals surface area contributed by atoms with Crippen LogP contribution in [-0.4, -0.2) is 48.6 Å². The highest BCUT2D eigenvalue weighted by Crippen LogP contribution is 2.34. The fourth-order valence-electron chi connectivity index (χ4n) is 2.75. The molecular weight excluding hydrogens is 216 g/mol. The predicted octanol–water partition coefficient (Wildman–Crippen LogP) is 2.06. The summed E-state index contributed by atoms with van der Waals surface area (Å²) in [5, 5.41) is 3.72. The Hall–Kier alpha value is 0.270. The van der Waals surface area contributed by atoms with E-state index < -0.39 is 0 Å². The monoisotopic (exact) mass is 242 g/mol. The van der Waals surface area contributed by atoms with E-state index in [0.717, 1.165) is 23.9 Å². The van der Waals surface area contributed by atoms with Gasteiger partial charge in [-0.05, 0) is 43.6 Å². The molecule has 3 heteroatoms. The van der Waals surface area contributed by atoms with Crippen LogP contribution in [0.2, 0.25) is 0 Å². The van der Waals surface area contributed by atoms with Gasteiger partial charge in [0.05, 0.1) is 0 Å². The first-order chi connectivity index (χ1) is 7.70. The van der Waals surface area contributed by atoms with Crippen molar-refractivity contribution in [3.05, 3.63) is 0 Å². The topological polar surface area (TPSA) is 15.3 Å². The summed E-state index contributed by atoms with van der Waals surface area (Å²) in [6.45, 7) is 8.50. The van der Waals surface area contributed by atoms with Crippen LogP contribution in [0.5, 0.6) is 0 Å². The van der Waals surface area contributed by atoms with E-state index >= 15 is 0 Å². The van der Waals surface area contributed by atoms with Crippen molar-refractivity contribution in [2.75, 3.05) is 31.6 Å². The summed E-state index contributed by atoms with van der Waals surface area (Å²) in [4.78, 5) is 2.71. The predicted molar refractivity (Wildman–Crippen MR) is 73.1 cm³/mol. The minimum Gasteiger partial charge on any atom is -0.311 e. The normalized spacial score (nSPS) is 33.9. The number of nitrogens with zero attached hydrogens (tertiary/aromatic N) is 1. The molecule has 3 unspecified atom stereocenters. The maximum absolute atomic E-state index is 3.72. The average molecular weight is 242 g/mol. The Labute approximate surface area is 105 Å². The smallest absolute Gasteiger partial charge is 0.0224 e. The second-order valence-corrected chi connectivity index (χ2v) is 6.63. The van der Waals surface area contributed by atoms with Crippen LogP contribution in [0.3, 0.4) is 0 Å². The Balaban J connectivity index is 1.80. The van der Waals surface area contributed by atoms with Gasteiger partial charge in [-0.1, -0.05) is 6.92 Å². The zero-order chi connectivity index (χ0) is 11.5. The highest BCUT2D eigenvalue weighted by atomic mass is 32.2. The Bertz CT molecular complexity index is 218. The number of hydrogen-bond donors (Lipinski definition) is 1. The van der Waals surface area contributed by atoms with Gasteiger partial charge in [0, 0.05) is 31.7 Å². The second kappa shape index (κ2) is 5.74. The second-order valence-electron chi connectivity index (χ2n) is 5.72. The van der Waals surface area contributed by atoms with Crippen molar-refractivity contribution in [3.8, 4) is 0 Å². The van der Waals surface area contributed by atoms with Crippen LogP contribution < -0.4 is 5.32 Å². The lowest BCUT2D eigenvalue weighted by Gasteiger charge is -2.40. The fraction of sp³-hybridized carbons (Fsp3) is 1.00. The van der Waals surface area contributed by atoms with Crippen molar-refractivity contribution in [2.45, 2.75) is 38.8 Å². The van der Waals surface area contributed by atoms with E-state index in [9.17, 15) is 0 Å². The van der Waals surface area contributed by atoms with Crippen molar-refractivity contribution in [2.24, 2.45) is 11.8 Å². The van der Waals surface area contributed by atoms with Crippen molar-refractivity contribution < 1.29 is 0 Å². The average Bonchev–Trinajstić information content (AvgIpc) is 3.05. The molecule has 0 radical (unpaired) electrons. The third-order valence-electron chi connectivity index (χ3n) is 3.92. The molecule has 0 bridgehead atoms. The first-order valence-electron chi connectivity index (χ1n) is 6.67. The van der Waals surface area contributed by atoms with Crippen LogP contribution in [0.25, 0.3) is 0 Å². The summed E-state index contributed by atoms with van der Waals surface area (Å²) in [5.74, 6) is 3.12. The lowest BCUT2D eigenvalue weighted by Crippen LogP contribution is -2.57. The van der Waals surface area contributed by atoms with Crippen molar-refractivity contribution in [3.63, 3.8) is 0 Å². The molecule has 1 heterocycles. The fourth-order valence-corrected chi connectivity index (χ4v) is 3.43. The quantitative estimate of drug-likeness (QED) is 0.794. The molecule has 1 saturated carbocycles. The Morgan fingerprint density at radius 3 is 2.81 bits per heavy atom. The molecular formula is C13H26N2S. The summed E-state index contributed by atoms with van der Waals surface area (Å²) >= 11 is 1.98.